The van der Waals surface area contributed by atoms with Crippen LogP contribution in [0.3, 0.4) is 0 Å². The van der Waals surface area contributed by atoms with Crippen molar-refractivity contribution in [1.29, 1.82) is 0 Å². The van der Waals surface area contributed by atoms with E-state index in [-0.39, 0.29) is 6.61 Å². The van der Waals surface area contributed by atoms with Gasteiger partial charge in [-0.05, 0) is 42.8 Å². The Hall–Kier alpha value is -0.280. The van der Waals surface area contributed by atoms with Gasteiger partial charge in [0.15, 0.2) is 6.29 Å². The Balaban J connectivity index is 0.00000407. The molecule has 10 heteroatoms. The van der Waals surface area contributed by atoms with Gasteiger partial charge in [0.25, 0.3) is 6.64 Å². The van der Waals surface area contributed by atoms with Crippen molar-refractivity contribution in [3.8, 4) is 5.75 Å². The Morgan fingerprint density at radius 1 is 1.13 bits per heavy atom. The van der Waals surface area contributed by atoms with Gasteiger partial charge < -0.3 is 28.0 Å². The SMILES string of the molecule is CC.CCOCC(C)CNP(=S)(OC)OCCOc1ccc(C(OC)OC)c(Cl)c1. The third-order valence-electron chi connectivity index (χ3n) is 3.75. The average molecular weight is 486 g/mol. The van der Waals surface area contributed by atoms with E-state index < -0.39 is 12.9 Å². The maximum Gasteiger partial charge on any atom is 0.261 e. The van der Waals surface area contributed by atoms with E-state index in [4.69, 9.17) is 51.4 Å². The van der Waals surface area contributed by atoms with Crippen LogP contribution in [0.25, 0.3) is 0 Å². The van der Waals surface area contributed by atoms with Crippen LogP contribution in [0.1, 0.15) is 39.5 Å². The molecule has 0 saturated heterocycles. The van der Waals surface area contributed by atoms with E-state index in [1.165, 1.54) is 0 Å². The van der Waals surface area contributed by atoms with Crippen LogP contribution in [0.4, 0.5) is 0 Å². The van der Waals surface area contributed by atoms with Gasteiger partial charge in [-0.2, -0.15) is 0 Å². The molecule has 1 aromatic carbocycles. The number of hydrogen-bond acceptors (Lipinski definition) is 7. The fraction of sp³-hybridized carbons (Fsp3) is 0.700. The Kier molecular flexibility index (Phi) is 17.1. The molecule has 0 radical (unpaired) electrons. The van der Waals surface area contributed by atoms with Gasteiger partial charge in [-0.25, -0.2) is 5.09 Å². The second-order valence-electron chi connectivity index (χ2n) is 5.98. The molecule has 1 N–H and O–H groups in total. The maximum absolute atomic E-state index is 6.27. The molecule has 0 amide bonds. The molecule has 2 atom stereocenters. The molecule has 1 rings (SSSR count). The summed E-state index contributed by atoms with van der Waals surface area (Å²) in [5, 5.41) is 3.69. The standard InChI is InChI=1S/C18H31ClNO6PS.C2H6/c1-6-24-13-14(2)12-20-27(28,23-5)26-10-9-25-15-7-8-16(17(19)11-15)18(21-3)22-4;1-2/h7-8,11,14,18H,6,9-10,12-13H2,1-5H3,(H,20,28);1-2H3. The molecule has 2 unspecified atom stereocenters. The van der Waals surface area contributed by atoms with E-state index in [2.05, 4.69) is 12.0 Å². The zero-order chi connectivity index (χ0) is 23.0. The highest BCUT2D eigenvalue weighted by Crippen LogP contribution is 2.43. The number of methoxy groups -OCH3 is 2. The Labute approximate surface area is 191 Å². The molecule has 0 fully saturated rings. The summed E-state index contributed by atoms with van der Waals surface area (Å²) < 4.78 is 32.6. The molecule has 0 heterocycles. The number of ether oxygens (including phenoxy) is 4. The fourth-order valence-electron chi connectivity index (χ4n) is 2.26. The lowest BCUT2D eigenvalue weighted by atomic mass is 10.2. The highest BCUT2D eigenvalue weighted by molar-refractivity contribution is 8.08. The second-order valence-corrected chi connectivity index (χ2v) is 9.76. The van der Waals surface area contributed by atoms with Crippen LogP contribution in [0.2, 0.25) is 5.02 Å². The molecule has 0 saturated carbocycles. The van der Waals surface area contributed by atoms with Crippen molar-refractivity contribution in [2.45, 2.75) is 34.0 Å². The monoisotopic (exact) mass is 485 g/mol. The summed E-state index contributed by atoms with van der Waals surface area (Å²) in [7, 11) is 4.65. The van der Waals surface area contributed by atoms with Gasteiger partial charge in [-0.1, -0.05) is 32.4 Å². The highest BCUT2D eigenvalue weighted by Gasteiger charge is 2.18. The highest BCUT2D eigenvalue weighted by atomic mass is 35.5. The van der Waals surface area contributed by atoms with Crippen molar-refractivity contribution in [1.82, 2.24) is 5.09 Å². The normalized spacial score (nSPS) is 14.0. The minimum Gasteiger partial charge on any atom is -0.491 e. The largest absolute Gasteiger partial charge is 0.491 e. The van der Waals surface area contributed by atoms with E-state index in [1.54, 1.807) is 39.5 Å². The van der Waals surface area contributed by atoms with E-state index >= 15 is 0 Å². The molecule has 0 aromatic heterocycles. The lowest BCUT2D eigenvalue weighted by Crippen LogP contribution is -2.24. The molecule has 0 aliphatic heterocycles. The Morgan fingerprint density at radius 2 is 1.80 bits per heavy atom. The molecule has 0 bridgehead atoms. The zero-order valence-electron chi connectivity index (χ0n) is 19.1. The van der Waals surface area contributed by atoms with Gasteiger partial charge >= 0.3 is 0 Å². The number of rotatable bonds is 15. The fourth-order valence-corrected chi connectivity index (χ4v) is 4.15. The van der Waals surface area contributed by atoms with Gasteiger partial charge in [-0.3, -0.25) is 0 Å². The summed E-state index contributed by atoms with van der Waals surface area (Å²) in [6.07, 6.45) is -0.520. The molecular weight excluding hydrogens is 449 g/mol. The third kappa shape index (κ3) is 11.4. The van der Waals surface area contributed by atoms with Crippen LogP contribution in [0.15, 0.2) is 18.2 Å². The topological polar surface area (TPSA) is 67.4 Å². The first kappa shape index (κ1) is 29.7. The summed E-state index contributed by atoms with van der Waals surface area (Å²) in [5.74, 6) is 0.924. The predicted octanol–water partition coefficient (Wildman–Crippen LogP) is 5.19. The second kappa shape index (κ2) is 17.3. The van der Waals surface area contributed by atoms with Crippen molar-refractivity contribution in [3.63, 3.8) is 0 Å². The molecule has 176 valence electrons. The van der Waals surface area contributed by atoms with E-state index in [0.717, 1.165) is 5.56 Å². The van der Waals surface area contributed by atoms with Gasteiger partial charge in [-0.15, -0.1) is 0 Å². The Morgan fingerprint density at radius 3 is 2.33 bits per heavy atom. The number of nitrogens with one attached hydrogen (secondary N) is 1. The van der Waals surface area contributed by atoms with Crippen molar-refractivity contribution in [2.24, 2.45) is 5.92 Å². The first-order chi connectivity index (χ1) is 14.4. The quantitative estimate of drug-likeness (QED) is 0.207. The summed E-state index contributed by atoms with van der Waals surface area (Å²) >= 11 is 11.7. The molecular formula is C20H37ClNO6PS. The predicted molar refractivity (Wildman–Crippen MR) is 126 cm³/mol. The van der Waals surface area contributed by atoms with Crippen LogP contribution in [-0.2, 0) is 35.1 Å². The van der Waals surface area contributed by atoms with Gasteiger partial charge in [0, 0.05) is 40.0 Å². The van der Waals surface area contributed by atoms with Crippen LogP contribution in [0, 0.1) is 5.92 Å². The van der Waals surface area contributed by atoms with Crippen LogP contribution in [0.5, 0.6) is 5.75 Å². The van der Waals surface area contributed by atoms with E-state index in [1.807, 2.05) is 20.8 Å². The van der Waals surface area contributed by atoms with Gasteiger partial charge in [0.05, 0.1) is 18.2 Å². The molecule has 7 nitrogen and oxygen atoms in total. The zero-order valence-corrected chi connectivity index (χ0v) is 21.6. The van der Waals surface area contributed by atoms with Crippen LogP contribution in [-0.4, -0.2) is 54.3 Å². The summed E-state index contributed by atoms with van der Waals surface area (Å²) in [4.78, 5) is 0. The minimum absolute atomic E-state index is 0.288. The van der Waals surface area contributed by atoms with Crippen molar-refractivity contribution in [2.75, 3.05) is 54.3 Å². The van der Waals surface area contributed by atoms with Gasteiger partial charge in [0.2, 0.25) is 0 Å². The summed E-state index contributed by atoms with van der Waals surface area (Å²) in [6.45, 7) is 8.10. The maximum atomic E-state index is 6.27. The molecule has 0 aliphatic carbocycles. The minimum atomic E-state index is -2.56. The smallest absolute Gasteiger partial charge is 0.261 e. The molecule has 30 heavy (non-hydrogen) atoms. The lowest BCUT2D eigenvalue weighted by molar-refractivity contribution is -0.105. The van der Waals surface area contributed by atoms with Crippen molar-refractivity contribution in [3.05, 3.63) is 28.8 Å². The number of hydrogen-bond donors (Lipinski definition) is 1. The van der Waals surface area contributed by atoms with Gasteiger partial charge in [0.1, 0.15) is 12.4 Å². The molecule has 1 aromatic rings. The average Bonchev–Trinajstić information content (AvgIpc) is 2.77. The summed E-state index contributed by atoms with van der Waals surface area (Å²) in [5.41, 5.74) is 0.732. The lowest BCUT2D eigenvalue weighted by Gasteiger charge is -2.23. The van der Waals surface area contributed by atoms with Crippen molar-refractivity contribution < 1.29 is 28.0 Å². The van der Waals surface area contributed by atoms with Crippen LogP contribution < -0.4 is 9.82 Å². The van der Waals surface area contributed by atoms with E-state index in [0.29, 0.717) is 43.1 Å². The van der Waals surface area contributed by atoms with Crippen molar-refractivity contribution >= 4 is 30.1 Å². The Bertz CT molecular complexity index is 621. The number of benzene rings is 1. The first-order valence-corrected chi connectivity index (χ1v) is 13.0. The van der Waals surface area contributed by atoms with Crippen LogP contribution >= 0.6 is 18.2 Å². The number of halogens is 1. The molecule has 0 spiro atoms. The third-order valence-corrected chi connectivity index (χ3v) is 6.80. The van der Waals surface area contributed by atoms with E-state index in [9.17, 15) is 0 Å². The first-order valence-electron chi connectivity index (χ1n) is 10.00. The molecule has 0 aliphatic rings. The summed E-state index contributed by atoms with van der Waals surface area (Å²) in [6, 6.07) is 5.31.